The lowest BCUT2D eigenvalue weighted by molar-refractivity contribution is 0.371. The molecule has 1 aromatic rings. The molecule has 0 aromatic heterocycles. The van der Waals surface area contributed by atoms with Crippen molar-refractivity contribution >= 4 is 15.7 Å². The Morgan fingerprint density at radius 3 is 2.14 bits per heavy atom. The van der Waals surface area contributed by atoms with Crippen molar-refractivity contribution in [2.24, 2.45) is 0 Å². The van der Waals surface area contributed by atoms with Gasteiger partial charge in [0.2, 0.25) is 10.0 Å². The highest BCUT2D eigenvalue weighted by Gasteiger charge is 2.20. The first-order valence-corrected chi connectivity index (χ1v) is 9.07. The number of hydrogen-bond donors (Lipinski definition) is 3. The van der Waals surface area contributed by atoms with Gasteiger partial charge in [0.15, 0.2) is 0 Å². The van der Waals surface area contributed by atoms with Gasteiger partial charge >= 0.3 is 0 Å². The third-order valence-electron chi connectivity index (χ3n) is 4.01. The van der Waals surface area contributed by atoms with E-state index in [-0.39, 0.29) is 0 Å². The third kappa shape index (κ3) is 4.43. The quantitative estimate of drug-likeness (QED) is 0.751. The topological polar surface area (TPSA) is 70.2 Å². The molecule has 0 saturated heterocycles. The van der Waals surface area contributed by atoms with E-state index >= 15 is 0 Å². The Bertz CT molecular complexity index is 535. The predicted octanol–water partition coefficient (Wildman–Crippen LogP) is 1.93. The molecule has 1 fully saturated rings. The molecule has 1 aliphatic carbocycles. The highest BCUT2D eigenvalue weighted by atomic mass is 32.2. The molecule has 0 radical (unpaired) electrons. The summed E-state index contributed by atoms with van der Waals surface area (Å²) in [6.45, 7) is 2.17. The second kappa shape index (κ2) is 7.24. The van der Waals surface area contributed by atoms with Gasteiger partial charge in [0.25, 0.3) is 0 Å². The van der Waals surface area contributed by atoms with Crippen LogP contribution in [0.3, 0.4) is 0 Å². The first-order valence-electron chi connectivity index (χ1n) is 7.58. The maximum atomic E-state index is 11.9. The second-order valence-electron chi connectivity index (χ2n) is 5.51. The fourth-order valence-electron chi connectivity index (χ4n) is 2.77. The Hall–Kier alpha value is -1.11. The smallest absolute Gasteiger partial charge is 0.240 e. The summed E-state index contributed by atoms with van der Waals surface area (Å²) < 4.78 is 26.2. The minimum atomic E-state index is -3.36. The van der Waals surface area contributed by atoms with Crippen LogP contribution < -0.4 is 15.4 Å². The van der Waals surface area contributed by atoms with Crippen molar-refractivity contribution < 1.29 is 8.42 Å². The minimum Gasteiger partial charge on any atom is -0.382 e. The molecule has 1 aliphatic rings. The lowest BCUT2D eigenvalue weighted by atomic mass is 9.91. The molecule has 2 rings (SSSR count). The van der Waals surface area contributed by atoms with Crippen LogP contribution in [0.1, 0.15) is 32.6 Å². The van der Waals surface area contributed by atoms with Crippen LogP contribution >= 0.6 is 0 Å². The zero-order valence-electron chi connectivity index (χ0n) is 12.7. The molecule has 0 unspecified atom stereocenters. The minimum absolute atomic E-state index is 0.314. The number of hydrogen-bond acceptors (Lipinski definition) is 4. The molecule has 6 heteroatoms. The highest BCUT2D eigenvalue weighted by molar-refractivity contribution is 7.89. The lowest BCUT2D eigenvalue weighted by Crippen LogP contribution is -2.34. The van der Waals surface area contributed by atoms with E-state index in [0.717, 1.165) is 18.5 Å². The summed E-state index contributed by atoms with van der Waals surface area (Å²) in [5, 5.41) is 6.82. The summed E-state index contributed by atoms with van der Waals surface area (Å²) in [6.07, 6.45) is 4.65. The van der Waals surface area contributed by atoms with Gasteiger partial charge in [-0.05, 0) is 57.0 Å². The van der Waals surface area contributed by atoms with E-state index in [2.05, 4.69) is 15.4 Å². The van der Waals surface area contributed by atoms with E-state index in [1.165, 1.54) is 12.8 Å². The molecule has 118 valence electrons. The molecule has 1 saturated carbocycles. The average molecular weight is 311 g/mol. The van der Waals surface area contributed by atoms with Crippen molar-refractivity contribution in [2.45, 2.75) is 49.6 Å². The fraction of sp³-hybridized carbons (Fsp3) is 0.600. The lowest BCUT2D eigenvalue weighted by Gasteiger charge is -2.29. The fourth-order valence-corrected chi connectivity index (χ4v) is 3.81. The molecule has 0 bridgehead atoms. The molecule has 0 aliphatic heterocycles. The average Bonchev–Trinajstić information content (AvgIpc) is 2.48. The number of benzene rings is 1. The van der Waals surface area contributed by atoms with Gasteiger partial charge in [-0.3, -0.25) is 0 Å². The van der Waals surface area contributed by atoms with Crippen LogP contribution in [-0.2, 0) is 10.0 Å². The molecule has 0 amide bonds. The molecule has 5 nitrogen and oxygen atoms in total. The molecule has 0 heterocycles. The van der Waals surface area contributed by atoms with Crippen molar-refractivity contribution in [3.05, 3.63) is 24.3 Å². The van der Waals surface area contributed by atoms with Crippen molar-refractivity contribution in [3.63, 3.8) is 0 Å². The number of rotatable bonds is 6. The maximum Gasteiger partial charge on any atom is 0.240 e. The van der Waals surface area contributed by atoms with Gasteiger partial charge in [-0.25, -0.2) is 13.1 Å². The summed E-state index contributed by atoms with van der Waals surface area (Å²) in [4.78, 5) is 0.314. The van der Waals surface area contributed by atoms with Gasteiger partial charge in [0.05, 0.1) is 4.90 Å². The van der Waals surface area contributed by atoms with E-state index in [9.17, 15) is 8.42 Å². The summed E-state index contributed by atoms with van der Waals surface area (Å²) in [5.41, 5.74) is 0.985. The molecule has 0 atom stereocenters. The Morgan fingerprint density at radius 1 is 1.05 bits per heavy atom. The van der Waals surface area contributed by atoms with Gasteiger partial charge in [-0.2, -0.15) is 0 Å². The number of nitrogens with one attached hydrogen (secondary N) is 3. The molecule has 0 spiro atoms. The van der Waals surface area contributed by atoms with Gasteiger partial charge < -0.3 is 10.6 Å². The van der Waals surface area contributed by atoms with Gasteiger partial charge in [0, 0.05) is 24.3 Å². The zero-order valence-corrected chi connectivity index (χ0v) is 13.5. The van der Waals surface area contributed by atoms with Crippen LogP contribution in [0.5, 0.6) is 0 Å². The van der Waals surface area contributed by atoms with Crippen LogP contribution in [0, 0.1) is 0 Å². The van der Waals surface area contributed by atoms with Gasteiger partial charge in [0.1, 0.15) is 0 Å². The SMILES string of the molecule is CCNS(=O)(=O)c1ccc(NC2CCC(NC)CC2)cc1. The Labute approximate surface area is 127 Å². The summed E-state index contributed by atoms with van der Waals surface area (Å²) in [5.74, 6) is 0. The van der Waals surface area contributed by atoms with Crippen LogP contribution in [0.25, 0.3) is 0 Å². The van der Waals surface area contributed by atoms with Crippen LogP contribution in [0.2, 0.25) is 0 Å². The van der Waals surface area contributed by atoms with Crippen molar-refractivity contribution in [3.8, 4) is 0 Å². The molecule has 1 aromatic carbocycles. The van der Waals surface area contributed by atoms with Crippen molar-refractivity contribution in [2.75, 3.05) is 18.9 Å². The normalized spacial score (nSPS) is 23.0. The zero-order chi connectivity index (χ0) is 15.3. The summed E-state index contributed by atoms with van der Waals surface area (Å²) in [6, 6.07) is 8.10. The van der Waals surface area contributed by atoms with E-state index in [4.69, 9.17) is 0 Å². The Balaban J connectivity index is 1.94. The molecular formula is C15H25N3O2S. The Kier molecular flexibility index (Phi) is 5.61. The van der Waals surface area contributed by atoms with E-state index < -0.39 is 10.0 Å². The van der Waals surface area contributed by atoms with Crippen molar-refractivity contribution in [1.29, 1.82) is 0 Å². The second-order valence-corrected chi connectivity index (χ2v) is 7.27. The maximum absolute atomic E-state index is 11.9. The Morgan fingerprint density at radius 2 is 1.62 bits per heavy atom. The third-order valence-corrected chi connectivity index (χ3v) is 5.57. The van der Waals surface area contributed by atoms with Crippen molar-refractivity contribution in [1.82, 2.24) is 10.0 Å². The van der Waals surface area contributed by atoms with Gasteiger partial charge in [-0.1, -0.05) is 6.92 Å². The monoisotopic (exact) mass is 311 g/mol. The molecule has 21 heavy (non-hydrogen) atoms. The first-order chi connectivity index (χ1) is 10.0. The number of sulfonamides is 1. The van der Waals surface area contributed by atoms with E-state index in [1.54, 1.807) is 19.1 Å². The van der Waals surface area contributed by atoms with Crippen LogP contribution in [-0.4, -0.2) is 34.1 Å². The van der Waals surface area contributed by atoms with Crippen LogP contribution in [0.15, 0.2) is 29.2 Å². The molecule has 3 N–H and O–H groups in total. The predicted molar refractivity (Wildman–Crippen MR) is 86.0 cm³/mol. The van der Waals surface area contributed by atoms with Gasteiger partial charge in [-0.15, -0.1) is 0 Å². The highest BCUT2D eigenvalue weighted by Crippen LogP contribution is 2.23. The van der Waals surface area contributed by atoms with E-state index in [0.29, 0.717) is 23.5 Å². The summed E-state index contributed by atoms with van der Waals surface area (Å²) in [7, 11) is -1.34. The van der Waals surface area contributed by atoms with E-state index in [1.807, 2.05) is 19.2 Å². The number of anilines is 1. The first kappa shape index (κ1) is 16.3. The standard InChI is InChI=1S/C15H25N3O2S/c1-3-17-21(19,20)15-10-8-14(9-11-15)18-13-6-4-12(16-2)5-7-13/h8-13,16-18H,3-7H2,1-2H3. The largest absolute Gasteiger partial charge is 0.382 e. The molecular weight excluding hydrogens is 286 g/mol. The van der Waals surface area contributed by atoms with Crippen LogP contribution in [0.4, 0.5) is 5.69 Å². The summed E-state index contributed by atoms with van der Waals surface area (Å²) >= 11 is 0.